The largest absolute Gasteiger partial charge is 0.395 e. The highest BCUT2D eigenvalue weighted by molar-refractivity contribution is 8.02. The SMILES string of the molecule is CC(C)C(=O)[C@@]1(C)SC[C@H]2CON=C21. The first kappa shape index (κ1) is 10.0. The zero-order valence-corrected chi connectivity index (χ0v) is 9.56. The van der Waals surface area contributed by atoms with Gasteiger partial charge in [0.2, 0.25) is 0 Å². The molecule has 0 amide bonds. The van der Waals surface area contributed by atoms with Gasteiger partial charge < -0.3 is 4.84 Å². The van der Waals surface area contributed by atoms with Crippen LogP contribution in [0.15, 0.2) is 5.16 Å². The van der Waals surface area contributed by atoms with Crippen LogP contribution in [0.25, 0.3) is 0 Å². The molecule has 0 aromatic rings. The van der Waals surface area contributed by atoms with E-state index < -0.39 is 4.75 Å². The zero-order chi connectivity index (χ0) is 10.3. The van der Waals surface area contributed by atoms with E-state index >= 15 is 0 Å². The number of hydrogen-bond acceptors (Lipinski definition) is 4. The van der Waals surface area contributed by atoms with Crippen molar-refractivity contribution in [2.45, 2.75) is 25.5 Å². The molecule has 0 saturated carbocycles. The number of hydrogen-bond donors (Lipinski definition) is 0. The highest BCUT2D eigenvalue weighted by atomic mass is 32.2. The van der Waals surface area contributed by atoms with E-state index in [0.717, 1.165) is 11.5 Å². The Morgan fingerprint density at radius 2 is 2.43 bits per heavy atom. The second-order valence-corrected chi connectivity index (χ2v) is 5.77. The number of fused-ring (bicyclic) bond motifs is 1. The van der Waals surface area contributed by atoms with Crippen LogP contribution in [0.2, 0.25) is 0 Å². The molecule has 0 unspecified atom stereocenters. The van der Waals surface area contributed by atoms with Gasteiger partial charge in [-0.05, 0) is 6.92 Å². The molecule has 0 N–H and O–H groups in total. The Labute approximate surface area is 88.3 Å². The molecular weight excluding hydrogens is 198 g/mol. The molecule has 3 nitrogen and oxygen atoms in total. The van der Waals surface area contributed by atoms with Gasteiger partial charge in [-0.3, -0.25) is 4.79 Å². The highest BCUT2D eigenvalue weighted by Gasteiger charge is 2.51. The van der Waals surface area contributed by atoms with Crippen molar-refractivity contribution in [3.63, 3.8) is 0 Å². The molecule has 2 heterocycles. The predicted molar refractivity (Wildman–Crippen MR) is 57.6 cm³/mol. The fourth-order valence-corrected chi connectivity index (χ4v) is 3.56. The van der Waals surface area contributed by atoms with E-state index in [4.69, 9.17) is 4.84 Å². The Kier molecular flexibility index (Phi) is 2.33. The third-order valence-electron chi connectivity index (χ3n) is 2.88. The summed E-state index contributed by atoms with van der Waals surface area (Å²) in [5, 5.41) is 4.03. The minimum absolute atomic E-state index is 0.0644. The molecule has 2 rings (SSSR count). The van der Waals surface area contributed by atoms with Crippen molar-refractivity contribution < 1.29 is 9.63 Å². The van der Waals surface area contributed by atoms with Crippen molar-refractivity contribution >= 4 is 23.3 Å². The molecule has 0 bridgehead atoms. The van der Waals surface area contributed by atoms with Crippen molar-refractivity contribution in [1.82, 2.24) is 0 Å². The summed E-state index contributed by atoms with van der Waals surface area (Å²) in [5.41, 5.74) is 0.959. The third kappa shape index (κ3) is 1.28. The van der Waals surface area contributed by atoms with E-state index in [9.17, 15) is 4.79 Å². The molecular formula is C10H15NO2S. The van der Waals surface area contributed by atoms with Crippen LogP contribution >= 0.6 is 11.8 Å². The fourth-order valence-electron chi connectivity index (χ4n) is 2.04. The van der Waals surface area contributed by atoms with Gasteiger partial charge in [-0.1, -0.05) is 19.0 Å². The number of Topliss-reactive ketones (excluding diaryl/α,β-unsaturated/α-hetero) is 1. The van der Waals surface area contributed by atoms with Gasteiger partial charge in [0.1, 0.15) is 11.4 Å². The molecule has 0 radical (unpaired) electrons. The Bertz CT molecular complexity index is 300. The normalized spacial score (nSPS) is 35.4. The van der Waals surface area contributed by atoms with E-state index in [2.05, 4.69) is 5.16 Å². The minimum Gasteiger partial charge on any atom is -0.395 e. The first-order valence-corrected chi connectivity index (χ1v) is 5.93. The number of rotatable bonds is 2. The van der Waals surface area contributed by atoms with Crippen LogP contribution in [0.4, 0.5) is 0 Å². The van der Waals surface area contributed by atoms with E-state index in [1.54, 1.807) is 11.8 Å². The van der Waals surface area contributed by atoms with Crippen LogP contribution in [0.5, 0.6) is 0 Å². The predicted octanol–water partition coefficient (Wildman–Crippen LogP) is 1.72. The number of thioether (sulfide) groups is 1. The molecule has 14 heavy (non-hydrogen) atoms. The van der Waals surface area contributed by atoms with E-state index in [-0.39, 0.29) is 11.7 Å². The van der Waals surface area contributed by atoms with Gasteiger partial charge in [0.15, 0.2) is 5.78 Å². The van der Waals surface area contributed by atoms with Crippen molar-refractivity contribution in [2.75, 3.05) is 12.4 Å². The van der Waals surface area contributed by atoms with Crippen LogP contribution in [0.1, 0.15) is 20.8 Å². The molecule has 2 aliphatic rings. The quantitative estimate of drug-likeness (QED) is 0.701. The van der Waals surface area contributed by atoms with E-state index in [0.29, 0.717) is 12.5 Å². The molecule has 1 saturated heterocycles. The molecule has 0 aliphatic carbocycles. The summed E-state index contributed by atoms with van der Waals surface area (Å²) < 4.78 is -0.421. The summed E-state index contributed by atoms with van der Waals surface area (Å²) in [7, 11) is 0. The van der Waals surface area contributed by atoms with Gasteiger partial charge in [0.05, 0.1) is 5.71 Å². The second kappa shape index (κ2) is 3.26. The van der Waals surface area contributed by atoms with Gasteiger partial charge in [-0.2, -0.15) is 0 Å². The number of nitrogens with zero attached hydrogens (tertiary/aromatic N) is 1. The monoisotopic (exact) mass is 213 g/mol. The van der Waals surface area contributed by atoms with Crippen molar-refractivity contribution in [3.05, 3.63) is 0 Å². The summed E-state index contributed by atoms with van der Waals surface area (Å²) in [6, 6.07) is 0. The van der Waals surface area contributed by atoms with Gasteiger partial charge in [0.25, 0.3) is 0 Å². The summed E-state index contributed by atoms with van der Waals surface area (Å²) in [5.74, 6) is 1.67. The van der Waals surface area contributed by atoms with Crippen LogP contribution < -0.4 is 0 Å². The Morgan fingerprint density at radius 3 is 3.07 bits per heavy atom. The number of carbonyl (C=O) groups is 1. The maximum Gasteiger partial charge on any atom is 0.156 e. The summed E-state index contributed by atoms with van der Waals surface area (Å²) in [4.78, 5) is 17.1. The van der Waals surface area contributed by atoms with Crippen molar-refractivity contribution in [3.8, 4) is 0 Å². The van der Waals surface area contributed by atoms with Crippen molar-refractivity contribution in [1.29, 1.82) is 0 Å². The number of ketones is 1. The lowest BCUT2D eigenvalue weighted by atomic mass is 9.87. The minimum atomic E-state index is -0.421. The molecule has 0 aromatic heterocycles. The van der Waals surface area contributed by atoms with E-state index in [1.807, 2.05) is 20.8 Å². The van der Waals surface area contributed by atoms with Gasteiger partial charge in [-0.25, -0.2) is 0 Å². The first-order chi connectivity index (χ1) is 6.55. The Hall–Kier alpha value is -0.510. The lowest BCUT2D eigenvalue weighted by Crippen LogP contribution is -2.40. The molecule has 2 atom stereocenters. The molecule has 78 valence electrons. The van der Waals surface area contributed by atoms with Gasteiger partial charge in [-0.15, -0.1) is 11.8 Å². The molecule has 4 heteroatoms. The average Bonchev–Trinajstić information content (AvgIpc) is 2.69. The Morgan fingerprint density at radius 1 is 1.71 bits per heavy atom. The summed E-state index contributed by atoms with van der Waals surface area (Å²) in [6.45, 7) is 6.52. The first-order valence-electron chi connectivity index (χ1n) is 4.94. The van der Waals surface area contributed by atoms with E-state index in [1.165, 1.54) is 0 Å². The van der Waals surface area contributed by atoms with Crippen molar-refractivity contribution in [2.24, 2.45) is 17.0 Å². The summed E-state index contributed by atoms with van der Waals surface area (Å²) in [6.07, 6.45) is 0. The lowest BCUT2D eigenvalue weighted by molar-refractivity contribution is -0.122. The second-order valence-electron chi connectivity index (χ2n) is 4.33. The van der Waals surface area contributed by atoms with Gasteiger partial charge in [0, 0.05) is 17.6 Å². The van der Waals surface area contributed by atoms with Crippen LogP contribution in [0, 0.1) is 11.8 Å². The average molecular weight is 213 g/mol. The molecule has 2 aliphatic heterocycles. The summed E-state index contributed by atoms with van der Waals surface area (Å²) >= 11 is 1.71. The van der Waals surface area contributed by atoms with Crippen LogP contribution in [-0.2, 0) is 9.63 Å². The fraction of sp³-hybridized carbons (Fsp3) is 0.800. The van der Waals surface area contributed by atoms with Crippen LogP contribution in [-0.4, -0.2) is 28.6 Å². The van der Waals surface area contributed by atoms with Crippen LogP contribution in [0.3, 0.4) is 0 Å². The van der Waals surface area contributed by atoms with Gasteiger partial charge >= 0.3 is 0 Å². The molecule has 1 fully saturated rings. The topological polar surface area (TPSA) is 38.7 Å². The maximum absolute atomic E-state index is 12.1. The third-order valence-corrected chi connectivity index (χ3v) is 4.44. The molecule has 0 aromatic carbocycles. The number of carbonyl (C=O) groups excluding carboxylic acids is 1. The zero-order valence-electron chi connectivity index (χ0n) is 8.74. The lowest BCUT2D eigenvalue weighted by Gasteiger charge is -2.23. The molecule has 0 spiro atoms. The smallest absolute Gasteiger partial charge is 0.156 e. The standard InChI is InChI=1S/C10H15NO2S/c1-6(2)9(12)10(3)8-7(5-14-10)4-13-11-8/h6-7H,4-5H2,1-3H3/t7-,10+/m1/s1. The highest BCUT2D eigenvalue weighted by Crippen LogP contribution is 2.43. The number of oxime groups is 1. The Balaban J connectivity index is 2.28. The maximum atomic E-state index is 12.1.